The predicted molar refractivity (Wildman–Crippen MR) is 81.3 cm³/mol. The van der Waals surface area contributed by atoms with Gasteiger partial charge in [0.1, 0.15) is 5.75 Å². The second kappa shape index (κ2) is 7.27. The van der Waals surface area contributed by atoms with E-state index in [2.05, 4.69) is 18.2 Å². The Balaban J connectivity index is 2.16. The second-order valence-electron chi connectivity index (χ2n) is 5.00. The number of hydrogen-bond acceptors (Lipinski definition) is 3. The summed E-state index contributed by atoms with van der Waals surface area (Å²) in [4.78, 5) is 0. The van der Waals surface area contributed by atoms with Crippen LogP contribution in [0.2, 0.25) is 0 Å². The molecule has 0 aliphatic heterocycles. The number of benzene rings is 2. The fourth-order valence-electron chi connectivity index (χ4n) is 2.44. The van der Waals surface area contributed by atoms with E-state index in [9.17, 15) is 5.11 Å². The number of aliphatic hydroxyl groups is 1. The standard InChI is InChI=1S/C17H22O3/c1-19-10-4-7-15(18)11-14-6-3-5-13-8-9-16(20-2)12-17(13)14/h3,5-6,8-9,12,15,18H,4,7,10-11H2,1-2H3. The molecule has 2 rings (SSSR count). The molecule has 0 saturated heterocycles. The molecule has 0 aliphatic rings. The molecular formula is C17H22O3. The Kier molecular flexibility index (Phi) is 5.39. The monoisotopic (exact) mass is 274 g/mol. The van der Waals surface area contributed by atoms with E-state index in [0.717, 1.165) is 29.5 Å². The first-order valence-corrected chi connectivity index (χ1v) is 6.97. The highest BCUT2D eigenvalue weighted by Crippen LogP contribution is 2.25. The molecule has 1 atom stereocenters. The van der Waals surface area contributed by atoms with E-state index in [0.29, 0.717) is 13.0 Å². The first kappa shape index (κ1) is 14.8. The summed E-state index contributed by atoms with van der Waals surface area (Å²) in [7, 11) is 3.35. The van der Waals surface area contributed by atoms with Crippen LogP contribution in [-0.2, 0) is 11.2 Å². The van der Waals surface area contributed by atoms with Crippen molar-refractivity contribution in [2.45, 2.75) is 25.4 Å². The van der Waals surface area contributed by atoms with E-state index in [1.54, 1.807) is 14.2 Å². The van der Waals surface area contributed by atoms with Crippen LogP contribution in [0, 0.1) is 0 Å². The minimum absolute atomic E-state index is 0.332. The zero-order chi connectivity index (χ0) is 14.4. The van der Waals surface area contributed by atoms with Crippen LogP contribution in [0.3, 0.4) is 0 Å². The summed E-state index contributed by atoms with van der Waals surface area (Å²) in [6.45, 7) is 0.695. The Bertz CT molecular complexity index is 551. The van der Waals surface area contributed by atoms with Gasteiger partial charge in [-0.15, -0.1) is 0 Å². The van der Waals surface area contributed by atoms with Gasteiger partial charge in [0.2, 0.25) is 0 Å². The van der Waals surface area contributed by atoms with E-state index in [1.165, 1.54) is 5.39 Å². The van der Waals surface area contributed by atoms with Crippen LogP contribution in [0.15, 0.2) is 36.4 Å². The van der Waals surface area contributed by atoms with Crippen molar-refractivity contribution in [3.8, 4) is 5.75 Å². The van der Waals surface area contributed by atoms with Gasteiger partial charge in [-0.1, -0.05) is 24.3 Å². The van der Waals surface area contributed by atoms with Gasteiger partial charge in [-0.3, -0.25) is 0 Å². The van der Waals surface area contributed by atoms with E-state index in [4.69, 9.17) is 9.47 Å². The highest BCUT2D eigenvalue weighted by atomic mass is 16.5. The van der Waals surface area contributed by atoms with E-state index >= 15 is 0 Å². The zero-order valence-electron chi connectivity index (χ0n) is 12.1. The lowest BCUT2D eigenvalue weighted by molar-refractivity contribution is 0.135. The molecule has 0 bridgehead atoms. The van der Waals surface area contributed by atoms with Gasteiger partial charge in [0.05, 0.1) is 13.2 Å². The fourth-order valence-corrected chi connectivity index (χ4v) is 2.44. The molecule has 108 valence electrons. The van der Waals surface area contributed by atoms with Crippen molar-refractivity contribution in [3.05, 3.63) is 42.0 Å². The Morgan fingerprint density at radius 3 is 2.75 bits per heavy atom. The number of aliphatic hydroxyl groups excluding tert-OH is 1. The molecule has 0 heterocycles. The molecule has 0 saturated carbocycles. The average Bonchev–Trinajstić information content (AvgIpc) is 2.47. The fraction of sp³-hybridized carbons (Fsp3) is 0.412. The predicted octanol–water partition coefficient (Wildman–Crippen LogP) is 3.18. The lowest BCUT2D eigenvalue weighted by Gasteiger charge is -2.13. The molecule has 0 aliphatic carbocycles. The number of hydrogen-bond donors (Lipinski definition) is 1. The van der Waals surface area contributed by atoms with Gasteiger partial charge in [0.15, 0.2) is 0 Å². The summed E-state index contributed by atoms with van der Waals surface area (Å²) >= 11 is 0. The van der Waals surface area contributed by atoms with Gasteiger partial charge < -0.3 is 14.6 Å². The smallest absolute Gasteiger partial charge is 0.119 e. The summed E-state index contributed by atoms with van der Waals surface area (Å²) in [5.74, 6) is 0.846. The van der Waals surface area contributed by atoms with Crippen LogP contribution in [0.4, 0.5) is 0 Å². The van der Waals surface area contributed by atoms with Crippen molar-refractivity contribution < 1.29 is 14.6 Å². The maximum atomic E-state index is 10.1. The van der Waals surface area contributed by atoms with Crippen molar-refractivity contribution in [1.29, 1.82) is 0 Å². The molecule has 0 fully saturated rings. The Morgan fingerprint density at radius 2 is 2.00 bits per heavy atom. The van der Waals surface area contributed by atoms with Crippen LogP contribution in [0.1, 0.15) is 18.4 Å². The molecular weight excluding hydrogens is 252 g/mol. The Labute approximate surface area is 120 Å². The first-order chi connectivity index (χ1) is 9.74. The maximum absolute atomic E-state index is 10.1. The lowest BCUT2D eigenvalue weighted by Crippen LogP contribution is -2.11. The van der Waals surface area contributed by atoms with Gasteiger partial charge in [-0.05, 0) is 47.7 Å². The van der Waals surface area contributed by atoms with Crippen molar-refractivity contribution in [2.75, 3.05) is 20.8 Å². The van der Waals surface area contributed by atoms with Crippen LogP contribution in [0.25, 0.3) is 10.8 Å². The molecule has 3 heteroatoms. The lowest BCUT2D eigenvalue weighted by atomic mass is 9.98. The molecule has 20 heavy (non-hydrogen) atoms. The van der Waals surface area contributed by atoms with E-state index in [1.807, 2.05) is 18.2 Å². The number of methoxy groups -OCH3 is 2. The number of ether oxygens (including phenoxy) is 2. The zero-order valence-corrected chi connectivity index (χ0v) is 12.1. The van der Waals surface area contributed by atoms with Crippen molar-refractivity contribution in [2.24, 2.45) is 0 Å². The van der Waals surface area contributed by atoms with Gasteiger partial charge in [-0.25, -0.2) is 0 Å². The van der Waals surface area contributed by atoms with E-state index < -0.39 is 0 Å². The minimum Gasteiger partial charge on any atom is -0.497 e. The minimum atomic E-state index is -0.332. The molecule has 1 N–H and O–H groups in total. The summed E-state index contributed by atoms with van der Waals surface area (Å²) in [5, 5.41) is 12.5. The third-order valence-corrected chi connectivity index (χ3v) is 3.52. The molecule has 1 unspecified atom stereocenters. The molecule has 2 aromatic carbocycles. The molecule has 0 spiro atoms. The molecule has 3 nitrogen and oxygen atoms in total. The van der Waals surface area contributed by atoms with Crippen LogP contribution in [0.5, 0.6) is 5.75 Å². The SMILES string of the molecule is COCCCC(O)Cc1cccc2ccc(OC)cc12. The summed E-state index contributed by atoms with van der Waals surface area (Å²) in [6, 6.07) is 12.2. The normalized spacial score (nSPS) is 12.6. The summed E-state index contributed by atoms with van der Waals surface area (Å²) < 4.78 is 10.3. The second-order valence-corrected chi connectivity index (χ2v) is 5.00. The van der Waals surface area contributed by atoms with Crippen molar-refractivity contribution in [3.63, 3.8) is 0 Å². The highest BCUT2D eigenvalue weighted by Gasteiger charge is 2.09. The molecule has 0 amide bonds. The molecule has 2 aromatic rings. The summed E-state index contributed by atoms with van der Waals surface area (Å²) in [5.41, 5.74) is 1.16. The van der Waals surface area contributed by atoms with Gasteiger partial charge in [0.25, 0.3) is 0 Å². The molecule has 0 radical (unpaired) electrons. The molecule has 0 aromatic heterocycles. The van der Waals surface area contributed by atoms with Crippen LogP contribution >= 0.6 is 0 Å². The quantitative estimate of drug-likeness (QED) is 0.788. The third kappa shape index (κ3) is 3.71. The van der Waals surface area contributed by atoms with Crippen molar-refractivity contribution in [1.82, 2.24) is 0 Å². The third-order valence-electron chi connectivity index (χ3n) is 3.52. The Hall–Kier alpha value is -1.58. The summed E-state index contributed by atoms with van der Waals surface area (Å²) in [6.07, 6.45) is 1.97. The topological polar surface area (TPSA) is 38.7 Å². The van der Waals surface area contributed by atoms with Crippen molar-refractivity contribution >= 4 is 10.8 Å². The Morgan fingerprint density at radius 1 is 1.15 bits per heavy atom. The largest absolute Gasteiger partial charge is 0.497 e. The van der Waals surface area contributed by atoms with Gasteiger partial charge in [-0.2, -0.15) is 0 Å². The van der Waals surface area contributed by atoms with E-state index in [-0.39, 0.29) is 6.10 Å². The maximum Gasteiger partial charge on any atom is 0.119 e. The highest BCUT2D eigenvalue weighted by molar-refractivity contribution is 5.87. The van der Waals surface area contributed by atoms with Gasteiger partial charge in [0, 0.05) is 13.7 Å². The number of rotatable bonds is 7. The van der Waals surface area contributed by atoms with Crippen LogP contribution in [-0.4, -0.2) is 32.0 Å². The number of fused-ring (bicyclic) bond motifs is 1. The first-order valence-electron chi connectivity index (χ1n) is 6.97. The van der Waals surface area contributed by atoms with Crippen LogP contribution < -0.4 is 4.74 Å². The average molecular weight is 274 g/mol. The van der Waals surface area contributed by atoms with Gasteiger partial charge >= 0.3 is 0 Å².